The van der Waals surface area contributed by atoms with Gasteiger partial charge in [0, 0.05) is 43.1 Å². The maximum Gasteiger partial charge on any atom is 0.0993 e. The molecule has 0 unspecified atom stereocenters. The smallest absolute Gasteiger partial charge is 0.0993 e. The molecule has 0 spiro atoms. The van der Waals surface area contributed by atoms with Gasteiger partial charge in [-0.25, -0.2) is 0 Å². The van der Waals surface area contributed by atoms with E-state index >= 15 is 0 Å². The number of hydrogen-bond acceptors (Lipinski definition) is 2. The number of aryl methyl sites for hydroxylation is 8. The van der Waals surface area contributed by atoms with Crippen molar-refractivity contribution in [1.82, 2.24) is 26.4 Å². The number of rotatable bonds is 40. The molecule has 1 aromatic carbocycles. The molecule has 0 radical (unpaired) electrons. The average Bonchev–Trinajstić information content (AvgIpc) is 1.38. The van der Waals surface area contributed by atoms with Crippen LogP contribution in [0.5, 0.6) is 0 Å². The van der Waals surface area contributed by atoms with Crippen LogP contribution in [0.15, 0.2) is 21.5 Å². The van der Waals surface area contributed by atoms with Crippen LogP contribution in [0.25, 0.3) is 121 Å². The maximum atomic E-state index is 3.08. The maximum absolute atomic E-state index is 3.08. The summed E-state index contributed by atoms with van der Waals surface area (Å²) in [5, 5.41) is 16.5. The highest BCUT2D eigenvalue weighted by atomic mass is 32.1. The molecule has 0 aliphatic carbocycles. The largest absolute Gasteiger partial charge is 0.302 e. The summed E-state index contributed by atoms with van der Waals surface area (Å²) >= 11 is 3.96. The SMILES string of the molecule is CCCCCCc1c(CCCCCC)c2c3c4cscc4c4c5c(CCCCCC)c(CCCCCC)c6c7c(CCCCCC)c(CCCCCC)c8c9c%10cscc%10c%10c%11c(CCCCCC)c(CCCCCC)c%12c1n2c1c(c(c(c(c1n34)n65)n78)n%109)n%12%11. The summed E-state index contributed by atoms with van der Waals surface area (Å²) in [5.41, 5.74) is 41.3. The van der Waals surface area contributed by atoms with E-state index < -0.39 is 0 Å². The third kappa shape index (κ3) is 9.10. The van der Waals surface area contributed by atoms with Gasteiger partial charge in [0.05, 0.1) is 99.3 Å². The molecule has 6 nitrogen and oxygen atoms in total. The summed E-state index contributed by atoms with van der Waals surface area (Å²) in [4.78, 5) is 0. The first-order valence-corrected chi connectivity index (χ1v) is 40.0. The van der Waals surface area contributed by atoms with Gasteiger partial charge in [-0.15, -0.1) is 0 Å². The zero-order valence-electron chi connectivity index (χ0n) is 57.1. The topological polar surface area (TPSA) is 26.5 Å². The molecule has 14 heterocycles. The van der Waals surface area contributed by atoms with Crippen LogP contribution in [-0.2, 0) is 51.4 Å². The molecular weight excluding hydrogens is 1130 g/mol. The third-order valence-electron chi connectivity index (χ3n) is 23.0. The van der Waals surface area contributed by atoms with Crippen LogP contribution in [0.4, 0.5) is 0 Å². The van der Waals surface area contributed by atoms with Crippen LogP contribution >= 0.6 is 22.7 Å². The molecule has 0 saturated heterocycles. The van der Waals surface area contributed by atoms with Crippen LogP contribution in [0.2, 0.25) is 0 Å². The molecule has 90 heavy (non-hydrogen) atoms. The van der Waals surface area contributed by atoms with E-state index in [2.05, 4.69) is 103 Å². The number of unbranched alkanes of at least 4 members (excludes halogenated alkanes) is 24. The minimum Gasteiger partial charge on any atom is -0.302 e. The van der Waals surface area contributed by atoms with Crippen molar-refractivity contribution in [3.63, 3.8) is 0 Å². The van der Waals surface area contributed by atoms with Crippen molar-refractivity contribution in [2.45, 2.75) is 312 Å². The minimum absolute atomic E-state index is 1.15. The van der Waals surface area contributed by atoms with E-state index in [0.717, 1.165) is 51.4 Å². The fourth-order valence-corrected chi connectivity index (χ4v) is 20.5. The lowest BCUT2D eigenvalue weighted by Gasteiger charge is -2.27. The van der Waals surface area contributed by atoms with Gasteiger partial charge in [0.2, 0.25) is 0 Å². The van der Waals surface area contributed by atoms with Crippen molar-refractivity contribution in [3.8, 4) is 0 Å². The highest BCUT2D eigenvalue weighted by molar-refractivity contribution is 7.10. The zero-order valence-corrected chi connectivity index (χ0v) is 58.7. The number of aromatic nitrogens is 6. The number of hydrogen-bond donors (Lipinski definition) is 0. The number of fused-ring (bicyclic) bond motifs is 12. The van der Waals surface area contributed by atoms with Gasteiger partial charge in [-0.3, -0.25) is 0 Å². The number of thiophene rings is 2. The molecule has 15 aromatic rings. The monoisotopic (exact) mass is 1240 g/mol. The average molecular weight is 1240 g/mol. The lowest BCUT2D eigenvalue weighted by atomic mass is 9.95. The summed E-state index contributed by atoms with van der Waals surface area (Å²) in [6.07, 6.45) is 50.3. The second-order valence-corrected chi connectivity index (χ2v) is 30.5. The van der Waals surface area contributed by atoms with Crippen LogP contribution in [-0.4, -0.2) is 26.4 Å². The Bertz CT molecular complexity index is 4250. The van der Waals surface area contributed by atoms with E-state index in [9.17, 15) is 0 Å². The number of benzene rings is 1. The van der Waals surface area contributed by atoms with Crippen LogP contribution < -0.4 is 0 Å². The van der Waals surface area contributed by atoms with Crippen molar-refractivity contribution < 1.29 is 0 Å². The van der Waals surface area contributed by atoms with E-state index in [0.29, 0.717) is 0 Å². The predicted molar refractivity (Wildman–Crippen MR) is 398 cm³/mol. The van der Waals surface area contributed by atoms with Gasteiger partial charge < -0.3 is 26.4 Å². The Kier molecular flexibility index (Phi) is 17.6. The highest BCUT2D eigenvalue weighted by Crippen LogP contribution is 2.57. The van der Waals surface area contributed by atoms with Crippen molar-refractivity contribution in [1.29, 1.82) is 0 Å². The Balaban J connectivity index is 1.25. The quantitative estimate of drug-likeness (QED) is 0.0208. The molecule has 0 fully saturated rings. The Morgan fingerprint density at radius 3 is 0.478 bits per heavy atom. The second kappa shape index (κ2) is 26.0. The van der Waals surface area contributed by atoms with Gasteiger partial charge in [-0.05, 0) is 147 Å². The third-order valence-corrected chi connectivity index (χ3v) is 24.5. The first kappa shape index (κ1) is 61.0. The normalized spacial score (nSPS) is 13.3. The molecule has 0 amide bonds. The molecular formula is C82H108N6S2. The van der Waals surface area contributed by atoms with E-state index in [1.807, 2.05) is 22.7 Å². The highest BCUT2D eigenvalue weighted by Gasteiger charge is 2.41. The molecule has 14 aromatic heterocycles. The molecule has 15 rings (SSSR count). The van der Waals surface area contributed by atoms with Crippen LogP contribution in [0.3, 0.4) is 0 Å². The molecule has 0 N–H and O–H groups in total. The lowest BCUT2D eigenvalue weighted by Crippen LogP contribution is -2.14. The summed E-state index contributed by atoms with van der Waals surface area (Å²) in [5.74, 6) is 0. The Morgan fingerprint density at radius 2 is 0.322 bits per heavy atom. The lowest BCUT2D eigenvalue weighted by molar-refractivity contribution is 0.653. The van der Waals surface area contributed by atoms with Gasteiger partial charge in [0.25, 0.3) is 0 Å². The molecule has 0 saturated carbocycles. The van der Waals surface area contributed by atoms with Gasteiger partial charge in [0.15, 0.2) is 0 Å². The van der Waals surface area contributed by atoms with Crippen LogP contribution in [0, 0.1) is 0 Å². The molecule has 0 bridgehead atoms. The molecule has 0 aliphatic rings. The second-order valence-electron chi connectivity index (χ2n) is 29.0. The molecule has 0 atom stereocenters. The van der Waals surface area contributed by atoms with Gasteiger partial charge >= 0.3 is 0 Å². The van der Waals surface area contributed by atoms with E-state index in [-0.39, 0.29) is 0 Å². The van der Waals surface area contributed by atoms with E-state index in [1.54, 1.807) is 88.6 Å². The van der Waals surface area contributed by atoms with Crippen molar-refractivity contribution in [2.24, 2.45) is 0 Å². The zero-order chi connectivity index (χ0) is 61.3. The summed E-state index contributed by atoms with van der Waals surface area (Å²) in [6.45, 7) is 19.3. The first-order chi connectivity index (χ1) is 44.6. The molecule has 0 aliphatic heterocycles. The Labute approximate surface area is 544 Å². The van der Waals surface area contributed by atoms with Gasteiger partial charge in [-0.2, -0.15) is 22.7 Å². The first-order valence-electron chi connectivity index (χ1n) is 38.1. The minimum atomic E-state index is 1.15. The van der Waals surface area contributed by atoms with Crippen molar-refractivity contribution >= 4 is 144 Å². The van der Waals surface area contributed by atoms with Crippen molar-refractivity contribution in [2.75, 3.05) is 0 Å². The molecule has 478 valence electrons. The van der Waals surface area contributed by atoms with Crippen LogP contribution in [0.1, 0.15) is 305 Å². The van der Waals surface area contributed by atoms with Gasteiger partial charge in [-0.1, -0.05) is 209 Å². The fraction of sp³-hybridized carbons (Fsp3) is 0.585. The van der Waals surface area contributed by atoms with Gasteiger partial charge in [0.1, 0.15) is 0 Å². The van der Waals surface area contributed by atoms with E-state index in [4.69, 9.17) is 0 Å². The molecule has 8 heteroatoms. The number of nitrogens with zero attached hydrogens (tertiary/aromatic N) is 6. The summed E-state index contributed by atoms with van der Waals surface area (Å²) in [6, 6.07) is 0. The summed E-state index contributed by atoms with van der Waals surface area (Å²) < 4.78 is 18.4. The predicted octanol–water partition coefficient (Wildman–Crippen LogP) is 26.2. The fourth-order valence-electron chi connectivity index (χ4n) is 18.9. The van der Waals surface area contributed by atoms with Crippen molar-refractivity contribution in [3.05, 3.63) is 66.0 Å². The van der Waals surface area contributed by atoms with E-state index in [1.165, 1.54) is 282 Å². The Morgan fingerprint density at radius 1 is 0.178 bits per heavy atom. The standard InChI is InChI=1S/C82H108N6S2/c1-9-17-25-33-41-53-57(45-37-29-21-13-5)69-73-61-49-89-50-62(61)75-71-59(47-39-31-23-15-7)55(43-35-27-19-11-3)67-68-56(44-36-28-20-12-4)60(48-40-32-24-16-8)72-76-64-52-90-51-63(64)74-70-58(46-38-30-22-14-6)54(42-34-26-18-10-2)66-65(53)83(69)77-78(84(66)70)82(88(74)76)80(86(68)72)79(85(67)71)81(77)87(73)75/h49-52H,9-48H2,1-8H3. The summed E-state index contributed by atoms with van der Waals surface area (Å²) in [7, 11) is 0. The Hall–Kier alpha value is -5.18.